The molecule has 0 N–H and O–H groups in total. The molecule has 0 aliphatic heterocycles. The maximum absolute atomic E-state index is 12.9. The molecule has 0 saturated heterocycles. The number of thiazole rings is 1. The lowest BCUT2D eigenvalue weighted by Gasteiger charge is -2.04. The molecule has 0 aliphatic rings. The zero-order valence-corrected chi connectivity index (χ0v) is 17.5. The molecule has 0 atom stereocenters. The number of halogens is 1. The second-order valence-electron chi connectivity index (χ2n) is 6.62. The van der Waals surface area contributed by atoms with Gasteiger partial charge in [-0.25, -0.2) is 0 Å². The van der Waals surface area contributed by atoms with Gasteiger partial charge in [-0.05, 0) is 59.9 Å². The van der Waals surface area contributed by atoms with E-state index in [4.69, 9.17) is 0 Å². The van der Waals surface area contributed by atoms with Gasteiger partial charge in [0.05, 0.1) is 4.70 Å². The molecule has 5 aromatic rings. The van der Waals surface area contributed by atoms with Crippen LogP contribution in [0.3, 0.4) is 0 Å². The minimum Gasteiger partial charge on any atom is -0.290 e. The third-order valence-electron chi connectivity index (χ3n) is 4.83. The van der Waals surface area contributed by atoms with E-state index < -0.39 is 0 Å². The van der Waals surface area contributed by atoms with Crippen molar-refractivity contribution < 1.29 is 9.20 Å². The number of imidazole rings is 1. The Kier molecular flexibility index (Phi) is 4.14. The average Bonchev–Trinajstić information content (AvgIpc) is 3.23. The van der Waals surface area contributed by atoms with Gasteiger partial charge in [0.15, 0.2) is 11.2 Å². The van der Waals surface area contributed by atoms with Crippen LogP contribution in [0.5, 0.6) is 0 Å². The number of ketones is 1. The lowest BCUT2D eigenvalue weighted by Crippen LogP contribution is -2.25. The number of carbonyl (C=O) groups excluding carboxylic acids is 1. The summed E-state index contributed by atoms with van der Waals surface area (Å²) in [6, 6.07) is 26.6. The Bertz CT molecular complexity index is 1330. The first-order valence-corrected chi connectivity index (χ1v) is 10.6. The van der Waals surface area contributed by atoms with Gasteiger partial charge in [0.25, 0.3) is 0 Å². The Morgan fingerprint density at radius 3 is 2.32 bits per heavy atom. The predicted octanol–water partition coefficient (Wildman–Crippen LogP) is 6.06. The van der Waals surface area contributed by atoms with Crippen molar-refractivity contribution in [2.75, 3.05) is 0 Å². The Hall–Kier alpha value is -2.76. The fraction of sp³-hybridized carbons (Fsp3) is 0.0435. The highest BCUT2D eigenvalue weighted by molar-refractivity contribution is 9.10. The van der Waals surface area contributed by atoms with Crippen molar-refractivity contribution in [3.8, 4) is 16.9 Å². The smallest absolute Gasteiger partial charge is 0.290 e. The number of nitrogens with zero attached hydrogens (tertiary/aromatic N) is 2. The predicted molar refractivity (Wildman–Crippen MR) is 117 cm³/mol. The number of benzene rings is 3. The van der Waals surface area contributed by atoms with Gasteiger partial charge in [-0.1, -0.05) is 46.3 Å². The molecule has 0 fully saturated rings. The maximum Gasteiger partial charge on any atom is 0.353 e. The largest absolute Gasteiger partial charge is 0.353 e. The van der Waals surface area contributed by atoms with E-state index in [-0.39, 0.29) is 5.78 Å². The van der Waals surface area contributed by atoms with Crippen molar-refractivity contribution in [1.82, 2.24) is 4.57 Å². The molecule has 3 aromatic carbocycles. The van der Waals surface area contributed by atoms with Crippen LogP contribution < -0.4 is 4.40 Å². The molecule has 136 valence electrons. The molecule has 0 aliphatic carbocycles. The van der Waals surface area contributed by atoms with E-state index in [1.807, 2.05) is 42.5 Å². The van der Waals surface area contributed by atoms with Crippen molar-refractivity contribution in [3.05, 3.63) is 89.0 Å². The number of Topliss-reactive ketones (excluding diaryl/α,β-unsaturated/α-hetero) is 1. The van der Waals surface area contributed by atoms with Gasteiger partial charge >= 0.3 is 4.96 Å². The fourth-order valence-electron chi connectivity index (χ4n) is 3.66. The highest BCUT2D eigenvalue weighted by atomic mass is 79.9. The van der Waals surface area contributed by atoms with Gasteiger partial charge in [0.2, 0.25) is 11.5 Å². The van der Waals surface area contributed by atoms with Crippen molar-refractivity contribution in [3.63, 3.8) is 0 Å². The summed E-state index contributed by atoms with van der Waals surface area (Å²) in [6.07, 6.45) is 0. The monoisotopic (exact) mass is 447 g/mol. The molecule has 2 aromatic heterocycles. The van der Waals surface area contributed by atoms with Crippen LogP contribution in [0.25, 0.3) is 32.1 Å². The quantitative estimate of drug-likeness (QED) is 0.243. The van der Waals surface area contributed by atoms with Crippen LogP contribution in [-0.4, -0.2) is 10.4 Å². The molecular weight excluding hydrogens is 432 g/mol. The standard InChI is InChI=1S/C23H16BrN2OS/c1-15(27)21-22(16-11-13-17(24)14-12-16)25(18-7-3-2-4-8-18)23-26(21)19-9-5-6-10-20(19)28-23/h2-14H,1H3/q+1. The van der Waals surface area contributed by atoms with E-state index >= 15 is 0 Å². The number of fused-ring (bicyclic) bond motifs is 3. The summed E-state index contributed by atoms with van der Waals surface area (Å²) in [5, 5.41) is 0. The van der Waals surface area contributed by atoms with E-state index in [0.717, 1.165) is 36.6 Å². The van der Waals surface area contributed by atoms with Crippen molar-refractivity contribution in [1.29, 1.82) is 0 Å². The molecule has 2 heterocycles. The summed E-state index contributed by atoms with van der Waals surface area (Å²) in [5.74, 6) is 0.0474. The molecule has 3 nitrogen and oxygen atoms in total. The first-order valence-electron chi connectivity index (χ1n) is 8.95. The molecule has 5 heteroatoms. The third kappa shape index (κ3) is 2.62. The molecule has 5 rings (SSSR count). The van der Waals surface area contributed by atoms with E-state index in [0.29, 0.717) is 5.69 Å². The summed E-state index contributed by atoms with van der Waals surface area (Å²) in [5.41, 5.74) is 4.73. The second kappa shape index (κ2) is 6.69. The minimum absolute atomic E-state index is 0.0474. The number of hydrogen-bond donors (Lipinski definition) is 0. The van der Waals surface area contributed by atoms with Crippen LogP contribution in [0.15, 0.2) is 83.3 Å². The number of aromatic nitrogens is 2. The zero-order valence-electron chi connectivity index (χ0n) is 15.1. The van der Waals surface area contributed by atoms with E-state index in [1.54, 1.807) is 18.3 Å². The van der Waals surface area contributed by atoms with Crippen LogP contribution in [0.4, 0.5) is 0 Å². The van der Waals surface area contributed by atoms with Crippen LogP contribution in [0.1, 0.15) is 17.4 Å². The van der Waals surface area contributed by atoms with Gasteiger partial charge in [0.1, 0.15) is 5.69 Å². The van der Waals surface area contributed by atoms with Crippen LogP contribution >= 0.6 is 27.3 Å². The highest BCUT2D eigenvalue weighted by Crippen LogP contribution is 2.34. The lowest BCUT2D eigenvalue weighted by molar-refractivity contribution is -0.478. The normalized spacial score (nSPS) is 11.4. The minimum atomic E-state index is 0.0474. The first-order chi connectivity index (χ1) is 13.6. The van der Waals surface area contributed by atoms with Crippen molar-refractivity contribution >= 4 is 48.2 Å². The van der Waals surface area contributed by atoms with E-state index in [1.165, 1.54) is 0 Å². The third-order valence-corrected chi connectivity index (χ3v) is 6.47. The number of rotatable bonds is 3. The number of hydrogen-bond acceptors (Lipinski definition) is 2. The molecule has 0 radical (unpaired) electrons. The summed E-state index contributed by atoms with van der Waals surface area (Å²) < 4.78 is 6.47. The molecular formula is C23H16BrN2OS+. The van der Waals surface area contributed by atoms with Gasteiger partial charge in [-0.2, -0.15) is 8.97 Å². The maximum atomic E-state index is 12.9. The molecule has 0 amide bonds. The highest BCUT2D eigenvalue weighted by Gasteiger charge is 2.33. The molecule has 28 heavy (non-hydrogen) atoms. The van der Waals surface area contributed by atoms with Gasteiger partial charge in [-0.15, -0.1) is 0 Å². The summed E-state index contributed by atoms with van der Waals surface area (Å²) >= 11 is 5.21. The van der Waals surface area contributed by atoms with Crippen LogP contribution in [0.2, 0.25) is 0 Å². The summed E-state index contributed by atoms with van der Waals surface area (Å²) in [6.45, 7) is 1.64. The Balaban J connectivity index is 2.00. The molecule has 0 spiro atoms. The summed E-state index contributed by atoms with van der Waals surface area (Å²) in [7, 11) is 0. The van der Waals surface area contributed by atoms with Crippen molar-refractivity contribution in [2.45, 2.75) is 6.92 Å². The lowest BCUT2D eigenvalue weighted by atomic mass is 10.1. The van der Waals surface area contributed by atoms with Gasteiger partial charge < -0.3 is 0 Å². The zero-order chi connectivity index (χ0) is 19.3. The Morgan fingerprint density at radius 2 is 1.61 bits per heavy atom. The van der Waals surface area contributed by atoms with Crippen LogP contribution in [0, 0.1) is 0 Å². The summed E-state index contributed by atoms with van der Waals surface area (Å²) in [4.78, 5) is 13.9. The van der Waals surface area contributed by atoms with Crippen LogP contribution in [-0.2, 0) is 0 Å². The number of para-hydroxylation sites is 2. The molecule has 0 saturated carbocycles. The van der Waals surface area contributed by atoms with Crippen molar-refractivity contribution in [2.24, 2.45) is 0 Å². The Morgan fingerprint density at radius 1 is 0.929 bits per heavy atom. The van der Waals surface area contributed by atoms with E-state index in [2.05, 4.69) is 61.3 Å². The number of carbonyl (C=O) groups is 1. The van der Waals surface area contributed by atoms with E-state index in [9.17, 15) is 4.79 Å². The average molecular weight is 448 g/mol. The van der Waals surface area contributed by atoms with Gasteiger partial charge in [0, 0.05) is 17.0 Å². The molecule has 0 bridgehead atoms. The Labute approximate surface area is 174 Å². The topological polar surface area (TPSA) is 26.1 Å². The van der Waals surface area contributed by atoms with Gasteiger partial charge in [-0.3, -0.25) is 4.79 Å². The fourth-order valence-corrected chi connectivity index (χ4v) is 5.10. The SMILES string of the molecule is CC(=O)c1c(-c2ccc(Br)cc2)n(-c2ccccc2)c2sc3ccccc3[n+]12. The molecule has 0 unspecified atom stereocenters. The first kappa shape index (κ1) is 17.3. The second-order valence-corrected chi connectivity index (χ2v) is 8.54.